The molecular weight excluding hydrogens is 259 g/mol. The molecule has 0 amide bonds. The largest absolute Gasteiger partial charge is 0.328 e. The topological polar surface area (TPSA) is 34.9 Å². The Labute approximate surface area is 109 Å². The summed E-state index contributed by atoms with van der Waals surface area (Å²) in [6.45, 7) is 2.65. The fourth-order valence-corrected chi connectivity index (χ4v) is 1.85. The number of halogens is 2. The van der Waals surface area contributed by atoms with Crippen LogP contribution in [0.1, 0.15) is 23.0 Å². The molecule has 0 N–H and O–H groups in total. The number of aromatic nitrogens is 2. The van der Waals surface area contributed by atoms with Crippen molar-refractivity contribution in [2.75, 3.05) is 0 Å². The van der Waals surface area contributed by atoms with Crippen molar-refractivity contribution >= 4 is 29.0 Å². The highest BCUT2D eigenvalue weighted by atomic mass is 35.5. The Morgan fingerprint density at radius 3 is 2.76 bits per heavy atom. The van der Waals surface area contributed by atoms with Gasteiger partial charge >= 0.3 is 0 Å². The number of carbonyl (C=O) groups is 1. The molecule has 0 spiro atoms. The first-order valence-electron chi connectivity index (χ1n) is 5.13. The third kappa shape index (κ3) is 2.35. The van der Waals surface area contributed by atoms with Gasteiger partial charge in [0, 0.05) is 12.1 Å². The highest BCUT2D eigenvalue weighted by Crippen LogP contribution is 2.23. The van der Waals surface area contributed by atoms with Crippen LogP contribution in [0, 0.1) is 0 Å². The number of aryl methyl sites for hydroxylation is 1. The van der Waals surface area contributed by atoms with Crippen molar-refractivity contribution in [3.8, 4) is 0 Å². The Morgan fingerprint density at radius 2 is 2.12 bits per heavy atom. The molecule has 1 heterocycles. The van der Waals surface area contributed by atoms with Crippen LogP contribution in [0.3, 0.4) is 0 Å². The maximum absolute atomic E-state index is 12.2. The summed E-state index contributed by atoms with van der Waals surface area (Å²) in [5.41, 5.74) is 1.06. The lowest BCUT2D eigenvalue weighted by Gasteiger charge is -2.05. The molecule has 0 atom stereocenters. The first kappa shape index (κ1) is 12.1. The van der Waals surface area contributed by atoms with E-state index in [-0.39, 0.29) is 5.78 Å². The van der Waals surface area contributed by atoms with Crippen molar-refractivity contribution in [3.05, 3.63) is 52.0 Å². The molecule has 0 aliphatic carbocycles. The molecule has 17 heavy (non-hydrogen) atoms. The molecule has 0 saturated heterocycles. The van der Waals surface area contributed by atoms with Crippen LogP contribution in [0.5, 0.6) is 0 Å². The van der Waals surface area contributed by atoms with Gasteiger partial charge in [0.15, 0.2) is 0 Å². The fraction of sp³-hybridized carbons (Fsp3) is 0.167. The maximum Gasteiger partial charge on any atom is 0.211 e. The molecular formula is C12H10Cl2N2O. The molecule has 0 aliphatic heterocycles. The molecule has 3 nitrogen and oxygen atoms in total. The minimum Gasteiger partial charge on any atom is -0.328 e. The third-order valence-corrected chi connectivity index (χ3v) is 3.21. The molecule has 0 aliphatic rings. The van der Waals surface area contributed by atoms with Gasteiger partial charge in [-0.3, -0.25) is 4.79 Å². The predicted molar refractivity (Wildman–Crippen MR) is 67.8 cm³/mol. The molecule has 5 heteroatoms. The highest BCUT2D eigenvalue weighted by molar-refractivity contribution is 6.42. The minimum absolute atomic E-state index is 0.108. The number of hydrogen-bond donors (Lipinski definition) is 0. The first-order valence-corrected chi connectivity index (χ1v) is 5.89. The standard InChI is InChI=1S/C12H10Cl2N2O/c1-2-16-7-15-6-11(16)12(17)8-3-4-9(13)10(14)5-8/h3-7H,2H2,1H3. The van der Waals surface area contributed by atoms with Gasteiger partial charge in [-0.1, -0.05) is 23.2 Å². The Hall–Kier alpha value is -1.32. The maximum atomic E-state index is 12.2. The number of rotatable bonds is 3. The molecule has 0 fully saturated rings. The van der Waals surface area contributed by atoms with Gasteiger partial charge in [-0.2, -0.15) is 0 Å². The predicted octanol–water partition coefficient (Wildman–Crippen LogP) is 3.44. The normalized spacial score (nSPS) is 10.5. The Balaban J connectivity index is 2.40. The number of nitrogens with zero attached hydrogens (tertiary/aromatic N) is 2. The van der Waals surface area contributed by atoms with Crippen molar-refractivity contribution in [1.82, 2.24) is 9.55 Å². The van der Waals surface area contributed by atoms with E-state index >= 15 is 0 Å². The van der Waals surface area contributed by atoms with E-state index in [1.807, 2.05) is 6.92 Å². The Morgan fingerprint density at radius 1 is 1.35 bits per heavy atom. The minimum atomic E-state index is -0.108. The number of imidazole rings is 1. The van der Waals surface area contributed by atoms with Gasteiger partial charge in [0.05, 0.1) is 22.6 Å². The van der Waals surface area contributed by atoms with Crippen LogP contribution in [0.2, 0.25) is 10.0 Å². The molecule has 0 radical (unpaired) electrons. The summed E-state index contributed by atoms with van der Waals surface area (Å²) in [4.78, 5) is 16.2. The number of carbonyl (C=O) groups excluding carboxylic acids is 1. The molecule has 1 aromatic heterocycles. The van der Waals surface area contributed by atoms with Crippen molar-refractivity contribution in [1.29, 1.82) is 0 Å². The first-order chi connectivity index (χ1) is 8.13. The average molecular weight is 269 g/mol. The van der Waals surface area contributed by atoms with Gasteiger partial charge < -0.3 is 4.57 Å². The van der Waals surface area contributed by atoms with Crippen molar-refractivity contribution in [2.45, 2.75) is 13.5 Å². The van der Waals surface area contributed by atoms with Crippen LogP contribution in [-0.4, -0.2) is 15.3 Å². The summed E-state index contributed by atoms with van der Waals surface area (Å²) in [5, 5.41) is 0.812. The summed E-state index contributed by atoms with van der Waals surface area (Å²) in [6, 6.07) is 4.84. The van der Waals surface area contributed by atoms with E-state index in [4.69, 9.17) is 23.2 Å². The summed E-state index contributed by atoms with van der Waals surface area (Å²) >= 11 is 11.7. The monoisotopic (exact) mass is 268 g/mol. The zero-order valence-electron chi connectivity index (χ0n) is 9.15. The Kier molecular flexibility index (Phi) is 3.50. The lowest BCUT2D eigenvalue weighted by Crippen LogP contribution is -2.08. The van der Waals surface area contributed by atoms with E-state index in [9.17, 15) is 4.79 Å². The summed E-state index contributed by atoms with van der Waals surface area (Å²) in [6.07, 6.45) is 3.18. The van der Waals surface area contributed by atoms with E-state index in [1.54, 1.807) is 35.3 Å². The van der Waals surface area contributed by atoms with Gasteiger partial charge in [0.2, 0.25) is 5.78 Å². The average Bonchev–Trinajstić information content (AvgIpc) is 2.80. The van der Waals surface area contributed by atoms with Gasteiger partial charge in [-0.25, -0.2) is 4.98 Å². The molecule has 0 bridgehead atoms. The van der Waals surface area contributed by atoms with Crippen LogP contribution >= 0.6 is 23.2 Å². The summed E-state index contributed by atoms with van der Waals surface area (Å²) in [5.74, 6) is -0.108. The lowest BCUT2D eigenvalue weighted by atomic mass is 10.1. The van der Waals surface area contributed by atoms with Crippen molar-refractivity contribution < 1.29 is 4.79 Å². The summed E-state index contributed by atoms with van der Waals surface area (Å²) < 4.78 is 1.78. The van der Waals surface area contributed by atoms with Crippen LogP contribution in [0.25, 0.3) is 0 Å². The third-order valence-electron chi connectivity index (χ3n) is 2.47. The van der Waals surface area contributed by atoms with Crippen molar-refractivity contribution in [3.63, 3.8) is 0 Å². The van der Waals surface area contributed by atoms with Gasteiger partial charge in [0.25, 0.3) is 0 Å². The number of hydrogen-bond acceptors (Lipinski definition) is 2. The van der Waals surface area contributed by atoms with E-state index in [0.717, 1.165) is 0 Å². The van der Waals surface area contributed by atoms with E-state index in [2.05, 4.69) is 4.98 Å². The van der Waals surface area contributed by atoms with Gasteiger partial charge in [0.1, 0.15) is 5.69 Å². The van der Waals surface area contributed by atoms with E-state index < -0.39 is 0 Å². The van der Waals surface area contributed by atoms with Crippen LogP contribution < -0.4 is 0 Å². The van der Waals surface area contributed by atoms with Crippen LogP contribution in [0.15, 0.2) is 30.7 Å². The fourth-order valence-electron chi connectivity index (χ4n) is 1.55. The van der Waals surface area contributed by atoms with Crippen LogP contribution in [-0.2, 0) is 6.54 Å². The van der Waals surface area contributed by atoms with E-state index in [1.165, 1.54) is 0 Å². The summed E-state index contributed by atoms with van der Waals surface area (Å²) in [7, 11) is 0. The molecule has 2 rings (SSSR count). The zero-order chi connectivity index (χ0) is 12.4. The molecule has 0 saturated carbocycles. The molecule has 88 valence electrons. The van der Waals surface area contributed by atoms with Gasteiger partial charge in [-0.05, 0) is 25.1 Å². The highest BCUT2D eigenvalue weighted by Gasteiger charge is 2.14. The number of ketones is 1. The lowest BCUT2D eigenvalue weighted by molar-refractivity contribution is 0.103. The quantitative estimate of drug-likeness (QED) is 0.800. The number of benzene rings is 1. The van der Waals surface area contributed by atoms with Gasteiger partial charge in [-0.15, -0.1) is 0 Å². The second-order valence-electron chi connectivity index (χ2n) is 3.52. The van der Waals surface area contributed by atoms with Crippen molar-refractivity contribution in [2.24, 2.45) is 0 Å². The zero-order valence-corrected chi connectivity index (χ0v) is 10.7. The second-order valence-corrected chi connectivity index (χ2v) is 4.34. The van der Waals surface area contributed by atoms with Crippen LogP contribution in [0.4, 0.5) is 0 Å². The second kappa shape index (κ2) is 4.90. The molecule has 1 aromatic carbocycles. The van der Waals surface area contributed by atoms with E-state index in [0.29, 0.717) is 27.8 Å². The molecule has 0 unspecified atom stereocenters. The molecule has 2 aromatic rings. The smallest absolute Gasteiger partial charge is 0.211 e. The SMILES string of the molecule is CCn1cncc1C(=O)c1ccc(Cl)c(Cl)c1. The Bertz CT molecular complexity index is 563.